The normalized spacial score (nSPS) is 28.5. The van der Waals surface area contributed by atoms with E-state index in [-0.39, 0.29) is 24.2 Å². The number of hydrogen-bond donors (Lipinski definition) is 2. The molecule has 0 aliphatic carbocycles. The number of hydrogen-bond acceptors (Lipinski definition) is 3. The summed E-state index contributed by atoms with van der Waals surface area (Å²) in [6, 6.07) is 0.477. The van der Waals surface area contributed by atoms with Crippen LogP contribution < -0.4 is 10.6 Å². The molecule has 21 heavy (non-hydrogen) atoms. The number of halogens is 1. The molecule has 2 fully saturated rings. The van der Waals surface area contributed by atoms with Crippen LogP contribution in [0.25, 0.3) is 0 Å². The van der Waals surface area contributed by atoms with Gasteiger partial charge in [-0.3, -0.25) is 4.79 Å². The molecule has 2 aliphatic heterocycles. The second-order valence-corrected chi connectivity index (χ2v) is 6.79. The van der Waals surface area contributed by atoms with E-state index in [1.54, 1.807) is 0 Å². The maximum Gasteiger partial charge on any atom is 0.223 e. The van der Waals surface area contributed by atoms with Crippen LogP contribution in [0.3, 0.4) is 0 Å². The molecule has 0 saturated carbocycles. The van der Waals surface area contributed by atoms with Crippen molar-refractivity contribution in [2.75, 3.05) is 32.7 Å². The first-order valence-electron chi connectivity index (χ1n) is 8.38. The zero-order valence-corrected chi connectivity index (χ0v) is 14.4. The van der Waals surface area contributed by atoms with Gasteiger partial charge in [0, 0.05) is 25.0 Å². The van der Waals surface area contributed by atoms with E-state index in [4.69, 9.17) is 0 Å². The third-order valence-electron chi connectivity index (χ3n) is 4.64. The van der Waals surface area contributed by atoms with Crippen molar-refractivity contribution in [3.63, 3.8) is 0 Å². The fourth-order valence-corrected chi connectivity index (χ4v) is 3.44. The molecular weight excluding hydrogens is 286 g/mol. The van der Waals surface area contributed by atoms with Crippen molar-refractivity contribution in [3.05, 3.63) is 0 Å². The Balaban J connectivity index is 0.00000220. The standard InChI is InChI=1S/C16H31N3O.ClH/c1-13(12-19-8-4-3-5-9-19)11-18-16(20)15-6-7-17-14(2)10-15;/h13-15,17H,3-12H2,1-2H3,(H,18,20);1H/t13?,14-,15-;/m0./s1. The van der Waals surface area contributed by atoms with Gasteiger partial charge in [0.2, 0.25) is 5.91 Å². The van der Waals surface area contributed by atoms with Crippen LogP contribution in [0.1, 0.15) is 46.0 Å². The highest BCUT2D eigenvalue weighted by Gasteiger charge is 2.24. The highest BCUT2D eigenvalue weighted by molar-refractivity contribution is 5.85. The van der Waals surface area contributed by atoms with Crippen molar-refractivity contribution in [2.24, 2.45) is 11.8 Å². The van der Waals surface area contributed by atoms with Gasteiger partial charge in [0.1, 0.15) is 0 Å². The van der Waals surface area contributed by atoms with Gasteiger partial charge in [-0.05, 0) is 58.2 Å². The molecule has 0 aromatic carbocycles. The highest BCUT2D eigenvalue weighted by atomic mass is 35.5. The lowest BCUT2D eigenvalue weighted by Gasteiger charge is -2.30. The average Bonchev–Trinajstić information content (AvgIpc) is 2.46. The number of rotatable bonds is 5. The molecule has 3 atom stereocenters. The van der Waals surface area contributed by atoms with Crippen LogP contribution in [-0.4, -0.2) is 49.6 Å². The van der Waals surface area contributed by atoms with E-state index < -0.39 is 0 Å². The molecule has 0 aromatic heterocycles. The zero-order chi connectivity index (χ0) is 14.4. The number of nitrogens with one attached hydrogen (secondary N) is 2. The van der Waals surface area contributed by atoms with Crippen LogP contribution in [-0.2, 0) is 4.79 Å². The van der Waals surface area contributed by atoms with Gasteiger partial charge in [0.15, 0.2) is 0 Å². The number of amides is 1. The summed E-state index contributed by atoms with van der Waals surface area (Å²) >= 11 is 0. The van der Waals surface area contributed by atoms with E-state index in [0.29, 0.717) is 12.0 Å². The lowest BCUT2D eigenvalue weighted by atomic mass is 9.92. The summed E-state index contributed by atoms with van der Waals surface area (Å²) in [5, 5.41) is 6.57. The number of likely N-dealkylation sites (tertiary alicyclic amines) is 1. The first kappa shape index (κ1) is 18.7. The van der Waals surface area contributed by atoms with Gasteiger partial charge in [0.05, 0.1) is 0 Å². The molecule has 0 radical (unpaired) electrons. The zero-order valence-electron chi connectivity index (χ0n) is 13.6. The van der Waals surface area contributed by atoms with Gasteiger partial charge in [0.25, 0.3) is 0 Å². The Morgan fingerprint density at radius 1 is 1.33 bits per heavy atom. The predicted octanol–water partition coefficient (Wildman–Crippen LogP) is 2.03. The van der Waals surface area contributed by atoms with Gasteiger partial charge >= 0.3 is 0 Å². The van der Waals surface area contributed by atoms with Gasteiger partial charge in [-0.25, -0.2) is 0 Å². The minimum atomic E-state index is 0. The summed E-state index contributed by atoms with van der Waals surface area (Å²) in [4.78, 5) is 14.7. The summed E-state index contributed by atoms with van der Waals surface area (Å²) in [7, 11) is 0. The molecule has 0 bridgehead atoms. The fraction of sp³-hybridized carbons (Fsp3) is 0.938. The van der Waals surface area contributed by atoms with Crippen molar-refractivity contribution in [1.29, 1.82) is 0 Å². The number of nitrogens with zero attached hydrogens (tertiary/aromatic N) is 1. The van der Waals surface area contributed by atoms with Crippen molar-refractivity contribution >= 4 is 18.3 Å². The number of carbonyl (C=O) groups is 1. The Hall–Kier alpha value is -0.320. The second-order valence-electron chi connectivity index (χ2n) is 6.79. The van der Waals surface area contributed by atoms with Crippen LogP contribution in [0.4, 0.5) is 0 Å². The molecule has 0 aromatic rings. The van der Waals surface area contributed by atoms with Crippen LogP contribution in [0.5, 0.6) is 0 Å². The van der Waals surface area contributed by atoms with Crippen molar-refractivity contribution in [3.8, 4) is 0 Å². The molecule has 2 heterocycles. The third-order valence-corrected chi connectivity index (χ3v) is 4.64. The van der Waals surface area contributed by atoms with E-state index in [0.717, 1.165) is 32.5 Å². The molecule has 2 saturated heterocycles. The Morgan fingerprint density at radius 2 is 2.05 bits per heavy atom. The van der Waals surface area contributed by atoms with Crippen molar-refractivity contribution in [2.45, 2.75) is 52.0 Å². The second kappa shape index (κ2) is 9.65. The summed E-state index contributed by atoms with van der Waals surface area (Å²) in [6.07, 6.45) is 6.02. The van der Waals surface area contributed by atoms with Crippen LogP contribution in [0.2, 0.25) is 0 Å². The summed E-state index contributed by atoms with van der Waals surface area (Å²) in [5.41, 5.74) is 0. The van der Waals surface area contributed by atoms with E-state index in [1.165, 1.54) is 32.4 Å². The lowest BCUT2D eigenvalue weighted by Crippen LogP contribution is -2.44. The molecular formula is C16H32ClN3O. The molecule has 124 valence electrons. The summed E-state index contributed by atoms with van der Waals surface area (Å²) < 4.78 is 0. The quantitative estimate of drug-likeness (QED) is 0.815. The minimum Gasteiger partial charge on any atom is -0.356 e. The smallest absolute Gasteiger partial charge is 0.223 e. The fourth-order valence-electron chi connectivity index (χ4n) is 3.44. The van der Waals surface area contributed by atoms with Gasteiger partial charge in [-0.2, -0.15) is 0 Å². The molecule has 2 aliphatic rings. The third kappa shape index (κ3) is 6.54. The molecule has 1 amide bonds. The lowest BCUT2D eigenvalue weighted by molar-refractivity contribution is -0.126. The van der Waals surface area contributed by atoms with Crippen LogP contribution in [0, 0.1) is 11.8 Å². The maximum absolute atomic E-state index is 12.2. The maximum atomic E-state index is 12.2. The van der Waals surface area contributed by atoms with Crippen LogP contribution in [0.15, 0.2) is 0 Å². The van der Waals surface area contributed by atoms with Crippen molar-refractivity contribution in [1.82, 2.24) is 15.5 Å². The van der Waals surface area contributed by atoms with E-state index >= 15 is 0 Å². The Morgan fingerprint density at radius 3 is 2.71 bits per heavy atom. The highest BCUT2D eigenvalue weighted by Crippen LogP contribution is 2.16. The molecule has 5 heteroatoms. The Kier molecular flexibility index (Phi) is 8.60. The molecule has 0 spiro atoms. The Bertz CT molecular complexity index is 308. The summed E-state index contributed by atoms with van der Waals surface area (Å²) in [5.74, 6) is 1.04. The minimum absolute atomic E-state index is 0. The predicted molar refractivity (Wildman–Crippen MR) is 89.9 cm³/mol. The van der Waals surface area contributed by atoms with E-state index in [9.17, 15) is 4.79 Å². The Labute approximate surface area is 135 Å². The number of carbonyl (C=O) groups excluding carboxylic acids is 1. The molecule has 2 rings (SSSR count). The van der Waals surface area contributed by atoms with Crippen molar-refractivity contribution < 1.29 is 4.79 Å². The first-order valence-corrected chi connectivity index (χ1v) is 8.38. The molecule has 1 unspecified atom stereocenters. The van der Waals surface area contributed by atoms with Crippen LogP contribution >= 0.6 is 12.4 Å². The van der Waals surface area contributed by atoms with Gasteiger partial charge < -0.3 is 15.5 Å². The van der Waals surface area contributed by atoms with Gasteiger partial charge in [-0.1, -0.05) is 13.3 Å². The number of piperidine rings is 2. The molecule has 2 N–H and O–H groups in total. The molecule has 4 nitrogen and oxygen atoms in total. The van der Waals surface area contributed by atoms with E-state index in [2.05, 4.69) is 29.4 Å². The topological polar surface area (TPSA) is 44.4 Å². The van der Waals surface area contributed by atoms with Gasteiger partial charge in [-0.15, -0.1) is 12.4 Å². The largest absolute Gasteiger partial charge is 0.356 e. The first-order chi connectivity index (χ1) is 9.65. The SMILES string of the molecule is CC(CNC(=O)[C@H]1CCN[C@@H](C)C1)CN1CCCCC1.Cl. The monoisotopic (exact) mass is 317 g/mol. The summed E-state index contributed by atoms with van der Waals surface area (Å²) in [6.45, 7) is 9.83. The van der Waals surface area contributed by atoms with E-state index in [1.807, 2.05) is 0 Å². The average molecular weight is 318 g/mol.